The van der Waals surface area contributed by atoms with Crippen LogP contribution < -0.4 is 0 Å². The molecule has 0 aromatic heterocycles. The summed E-state index contributed by atoms with van der Waals surface area (Å²) in [6.07, 6.45) is -11.9. The predicted octanol–water partition coefficient (Wildman–Crippen LogP) is 4.08. The second kappa shape index (κ2) is 4.39. The van der Waals surface area contributed by atoms with E-state index in [0.29, 0.717) is 12.8 Å². The maximum Gasteiger partial charge on any atom is 0.426 e. The van der Waals surface area contributed by atoms with Crippen LogP contribution in [0.3, 0.4) is 0 Å². The third-order valence-corrected chi connectivity index (χ3v) is 4.99. The van der Waals surface area contributed by atoms with E-state index in [1.807, 2.05) is 6.92 Å². The zero-order valence-corrected chi connectivity index (χ0v) is 10.9. The van der Waals surface area contributed by atoms with Gasteiger partial charge in [-0.05, 0) is 42.9 Å². The Hall–Kier alpha value is -0.720. The highest BCUT2D eigenvalue weighted by Crippen LogP contribution is 2.58. The monoisotopic (exact) mass is 302 g/mol. The smallest absolute Gasteiger partial charge is 0.374 e. The lowest BCUT2D eigenvalue weighted by Gasteiger charge is -2.37. The number of fused-ring (bicyclic) bond motifs is 2. The Morgan fingerprint density at radius 3 is 1.95 bits per heavy atom. The first-order chi connectivity index (χ1) is 8.88. The Bertz CT molecular complexity index is 396. The lowest BCUT2D eigenvalue weighted by Crippen LogP contribution is -2.58. The number of rotatable bonds is 2. The van der Waals surface area contributed by atoms with E-state index in [1.54, 1.807) is 0 Å². The van der Waals surface area contributed by atoms with Crippen molar-refractivity contribution >= 4 is 0 Å². The van der Waals surface area contributed by atoms with Gasteiger partial charge >= 0.3 is 12.4 Å². The number of hydrogen-bond acceptors (Lipinski definition) is 1. The highest BCUT2D eigenvalue weighted by Gasteiger charge is 2.71. The van der Waals surface area contributed by atoms with Crippen molar-refractivity contribution in [3.05, 3.63) is 12.2 Å². The van der Waals surface area contributed by atoms with E-state index >= 15 is 0 Å². The second-order valence-corrected chi connectivity index (χ2v) is 6.02. The van der Waals surface area contributed by atoms with Gasteiger partial charge in [0.2, 0.25) is 0 Å². The van der Waals surface area contributed by atoms with Crippen LogP contribution >= 0.6 is 0 Å². The molecule has 0 saturated heterocycles. The van der Waals surface area contributed by atoms with Gasteiger partial charge in [-0.25, -0.2) is 0 Å². The van der Waals surface area contributed by atoms with Gasteiger partial charge in [0.05, 0.1) is 0 Å². The minimum atomic E-state index is -5.72. The third-order valence-electron chi connectivity index (χ3n) is 4.99. The molecular formula is C13H16F6O. The van der Waals surface area contributed by atoms with Gasteiger partial charge in [0, 0.05) is 0 Å². The van der Waals surface area contributed by atoms with E-state index in [9.17, 15) is 31.4 Å². The van der Waals surface area contributed by atoms with Crippen molar-refractivity contribution in [1.82, 2.24) is 0 Å². The number of allylic oxidation sites excluding steroid dienone is 1. The normalized spacial score (nSPS) is 34.9. The molecule has 2 saturated carbocycles. The third kappa shape index (κ3) is 2.14. The summed E-state index contributed by atoms with van der Waals surface area (Å²) in [6, 6.07) is 0. The molecule has 0 radical (unpaired) electrons. The fourth-order valence-electron chi connectivity index (χ4n) is 3.67. The topological polar surface area (TPSA) is 20.2 Å². The molecule has 2 bridgehead atoms. The van der Waals surface area contributed by atoms with Gasteiger partial charge in [-0.15, -0.1) is 0 Å². The summed E-state index contributed by atoms with van der Waals surface area (Å²) in [5, 5.41) is 9.25. The number of aliphatic hydroxyl groups is 1. The van der Waals surface area contributed by atoms with Crippen LogP contribution in [0.2, 0.25) is 0 Å². The largest absolute Gasteiger partial charge is 0.426 e. The van der Waals surface area contributed by atoms with Crippen LogP contribution in [0.1, 0.15) is 26.2 Å². The van der Waals surface area contributed by atoms with Crippen molar-refractivity contribution in [2.24, 2.45) is 23.7 Å². The lowest BCUT2D eigenvalue weighted by molar-refractivity contribution is -0.373. The summed E-state index contributed by atoms with van der Waals surface area (Å²) in [5.74, 6) is -0.924. The molecule has 0 spiro atoms. The molecule has 0 aromatic rings. The summed E-state index contributed by atoms with van der Waals surface area (Å²) in [4.78, 5) is 0. The van der Waals surface area contributed by atoms with Crippen LogP contribution in [-0.2, 0) is 0 Å². The van der Waals surface area contributed by atoms with Gasteiger partial charge in [0.25, 0.3) is 5.60 Å². The Morgan fingerprint density at radius 1 is 1.10 bits per heavy atom. The average molecular weight is 302 g/mol. The minimum absolute atomic E-state index is 0.0863. The van der Waals surface area contributed by atoms with Crippen LogP contribution in [0, 0.1) is 23.7 Å². The first-order valence-corrected chi connectivity index (χ1v) is 6.43. The van der Waals surface area contributed by atoms with Crippen molar-refractivity contribution in [2.75, 3.05) is 0 Å². The molecule has 2 aliphatic rings. The fraction of sp³-hybridized carbons (Fsp3) is 0.846. The molecule has 2 aliphatic carbocycles. The molecule has 4 unspecified atom stereocenters. The van der Waals surface area contributed by atoms with Crippen LogP contribution in [0.15, 0.2) is 12.2 Å². The van der Waals surface area contributed by atoms with E-state index in [1.165, 1.54) is 0 Å². The van der Waals surface area contributed by atoms with Crippen LogP contribution in [0.5, 0.6) is 0 Å². The quantitative estimate of drug-likeness (QED) is 0.602. The maximum absolute atomic E-state index is 12.7. The van der Waals surface area contributed by atoms with Gasteiger partial charge in [-0.2, -0.15) is 26.3 Å². The van der Waals surface area contributed by atoms with Crippen molar-refractivity contribution in [3.8, 4) is 0 Å². The first-order valence-electron chi connectivity index (χ1n) is 6.43. The van der Waals surface area contributed by atoms with Crippen LogP contribution in [-0.4, -0.2) is 23.1 Å². The molecule has 7 heteroatoms. The molecular weight excluding hydrogens is 286 g/mol. The van der Waals surface area contributed by atoms with Crippen LogP contribution in [0.25, 0.3) is 0 Å². The van der Waals surface area contributed by atoms with Crippen molar-refractivity contribution in [2.45, 2.75) is 44.1 Å². The Labute approximate surface area is 112 Å². The lowest BCUT2D eigenvalue weighted by atomic mass is 9.74. The molecule has 1 N–H and O–H groups in total. The summed E-state index contributed by atoms with van der Waals surface area (Å²) in [6.45, 7) is 5.67. The standard InChI is InChI=1S/C13H16F6O/c1-6-7(2)10-4-8(6)3-9(10)5-11(20,12(14,15)16)13(17,18)19/h6,8-10,20H,2-5H2,1H3. The molecule has 116 valence electrons. The average Bonchev–Trinajstić information content (AvgIpc) is 2.77. The molecule has 0 amide bonds. The molecule has 0 aromatic carbocycles. The highest BCUT2D eigenvalue weighted by atomic mass is 19.4. The Kier molecular flexibility index (Phi) is 3.43. The highest BCUT2D eigenvalue weighted by molar-refractivity contribution is 5.19. The molecule has 0 heterocycles. The SMILES string of the molecule is C=C1C(C)C2CC(CC(O)(C(F)(F)F)C(F)(F)F)C1C2. The molecule has 2 rings (SSSR count). The molecule has 0 aliphatic heterocycles. The maximum atomic E-state index is 12.7. The van der Waals surface area contributed by atoms with Gasteiger partial charge in [0.15, 0.2) is 0 Å². The number of alkyl halides is 6. The first kappa shape index (κ1) is 15.7. The van der Waals surface area contributed by atoms with E-state index in [4.69, 9.17) is 0 Å². The fourth-order valence-corrected chi connectivity index (χ4v) is 3.67. The second-order valence-electron chi connectivity index (χ2n) is 6.02. The minimum Gasteiger partial charge on any atom is -0.374 e. The molecule has 20 heavy (non-hydrogen) atoms. The molecule has 1 nitrogen and oxygen atoms in total. The van der Waals surface area contributed by atoms with E-state index in [2.05, 4.69) is 6.58 Å². The number of halogens is 6. The van der Waals surface area contributed by atoms with Gasteiger partial charge in [-0.3, -0.25) is 0 Å². The van der Waals surface area contributed by atoms with Gasteiger partial charge in [-0.1, -0.05) is 19.1 Å². The van der Waals surface area contributed by atoms with Gasteiger partial charge < -0.3 is 5.11 Å². The van der Waals surface area contributed by atoms with Gasteiger partial charge in [0.1, 0.15) is 0 Å². The zero-order chi connectivity index (χ0) is 15.5. The summed E-state index contributed by atoms with van der Waals surface area (Å²) < 4.78 is 76.1. The predicted molar refractivity (Wildman–Crippen MR) is 59.7 cm³/mol. The van der Waals surface area contributed by atoms with E-state index in [0.717, 1.165) is 5.57 Å². The van der Waals surface area contributed by atoms with Crippen LogP contribution in [0.4, 0.5) is 26.3 Å². The number of hydrogen-bond donors (Lipinski definition) is 1. The molecule has 4 atom stereocenters. The Balaban J connectivity index is 2.22. The van der Waals surface area contributed by atoms with Crippen molar-refractivity contribution in [3.63, 3.8) is 0 Å². The van der Waals surface area contributed by atoms with Crippen molar-refractivity contribution < 1.29 is 31.4 Å². The van der Waals surface area contributed by atoms with E-state index < -0.39 is 30.3 Å². The summed E-state index contributed by atoms with van der Waals surface area (Å²) in [5.41, 5.74) is -3.91. The van der Waals surface area contributed by atoms with Crippen molar-refractivity contribution in [1.29, 1.82) is 0 Å². The zero-order valence-electron chi connectivity index (χ0n) is 10.9. The van der Waals surface area contributed by atoms with E-state index in [-0.39, 0.29) is 17.8 Å². The summed E-state index contributed by atoms with van der Waals surface area (Å²) >= 11 is 0. The summed E-state index contributed by atoms with van der Waals surface area (Å²) in [7, 11) is 0. The molecule has 2 fully saturated rings. The Morgan fingerprint density at radius 2 is 1.60 bits per heavy atom.